The van der Waals surface area contributed by atoms with Crippen molar-refractivity contribution in [2.75, 3.05) is 11.6 Å². The van der Waals surface area contributed by atoms with Crippen LogP contribution in [0.15, 0.2) is 58.6 Å². The van der Waals surface area contributed by atoms with Gasteiger partial charge in [0.25, 0.3) is 5.56 Å². The van der Waals surface area contributed by atoms with E-state index in [2.05, 4.69) is 9.98 Å². The van der Waals surface area contributed by atoms with E-state index >= 15 is 0 Å². The van der Waals surface area contributed by atoms with Gasteiger partial charge < -0.3 is 4.90 Å². The quantitative estimate of drug-likeness (QED) is 0.704. The zero-order valence-electron chi connectivity index (χ0n) is 12.6. The first kappa shape index (κ1) is 15.1. The molecule has 1 aromatic carbocycles. The van der Waals surface area contributed by atoms with Crippen LogP contribution >= 0.6 is 22.9 Å². The molecule has 0 amide bonds. The topological polar surface area (TPSA) is 50.5 Å². The van der Waals surface area contributed by atoms with E-state index in [1.165, 1.54) is 11.3 Å². The lowest BCUT2D eigenvalue weighted by atomic mass is 10.2. The van der Waals surface area contributed by atoms with Gasteiger partial charge in [0.1, 0.15) is 13.3 Å². The fraction of sp³-hybridized carbons (Fsp3) is 0.118. The number of thiazole rings is 1. The maximum absolute atomic E-state index is 12.7. The normalized spacial score (nSPS) is 14.4. The van der Waals surface area contributed by atoms with E-state index in [0.717, 1.165) is 16.1 Å². The van der Waals surface area contributed by atoms with Gasteiger partial charge in [-0.05, 0) is 48.0 Å². The van der Waals surface area contributed by atoms with E-state index < -0.39 is 0 Å². The van der Waals surface area contributed by atoms with Crippen molar-refractivity contribution < 1.29 is 0 Å². The number of pyridine rings is 1. The molecule has 7 heteroatoms. The highest BCUT2D eigenvalue weighted by atomic mass is 35.5. The lowest BCUT2D eigenvalue weighted by molar-refractivity contribution is 0.569. The molecular formula is C17H13ClN4OS. The van der Waals surface area contributed by atoms with Gasteiger partial charge in [-0.1, -0.05) is 22.9 Å². The van der Waals surface area contributed by atoms with Crippen molar-refractivity contribution in [1.29, 1.82) is 0 Å². The second-order valence-corrected chi connectivity index (χ2v) is 6.81. The number of benzene rings is 1. The summed E-state index contributed by atoms with van der Waals surface area (Å²) in [5.74, 6) is 0. The highest BCUT2D eigenvalue weighted by Crippen LogP contribution is 2.18. The number of anilines is 1. The Bertz CT molecular complexity index is 1040. The second-order valence-electron chi connectivity index (χ2n) is 5.36. The average molecular weight is 357 g/mol. The molecule has 0 unspecified atom stereocenters. The molecule has 0 saturated carbocycles. The molecule has 1 aliphatic rings. The first-order valence-electron chi connectivity index (χ1n) is 7.37. The van der Waals surface area contributed by atoms with E-state index in [0.29, 0.717) is 22.9 Å². The van der Waals surface area contributed by atoms with Gasteiger partial charge in [-0.25, -0.2) is 4.99 Å². The summed E-state index contributed by atoms with van der Waals surface area (Å²) in [5, 5.41) is 0.690. The Labute approximate surface area is 146 Å². The molecule has 3 aromatic rings. The van der Waals surface area contributed by atoms with Crippen molar-refractivity contribution in [3.8, 4) is 0 Å². The summed E-state index contributed by atoms with van der Waals surface area (Å²) in [6.45, 7) is 1.01. The fourth-order valence-electron chi connectivity index (χ4n) is 2.54. The van der Waals surface area contributed by atoms with Crippen LogP contribution in [-0.4, -0.2) is 16.2 Å². The second kappa shape index (κ2) is 6.22. The molecule has 120 valence electrons. The van der Waals surface area contributed by atoms with Crippen molar-refractivity contribution in [3.05, 3.63) is 79.1 Å². The van der Waals surface area contributed by atoms with E-state index in [9.17, 15) is 4.79 Å². The Morgan fingerprint density at radius 3 is 2.62 bits per heavy atom. The van der Waals surface area contributed by atoms with Gasteiger partial charge in [0, 0.05) is 23.1 Å². The van der Waals surface area contributed by atoms with Crippen LogP contribution in [-0.2, 0) is 6.67 Å². The van der Waals surface area contributed by atoms with Crippen molar-refractivity contribution in [3.63, 3.8) is 0 Å². The van der Waals surface area contributed by atoms with Gasteiger partial charge in [0.2, 0.25) is 0 Å². The Kier molecular flexibility index (Phi) is 3.92. The Morgan fingerprint density at radius 2 is 1.88 bits per heavy atom. The van der Waals surface area contributed by atoms with Crippen LogP contribution in [0.2, 0.25) is 5.02 Å². The van der Waals surface area contributed by atoms with Gasteiger partial charge in [0.15, 0.2) is 4.80 Å². The fourth-order valence-corrected chi connectivity index (χ4v) is 3.63. The number of nitrogens with zero attached hydrogens (tertiary/aromatic N) is 4. The molecule has 0 fully saturated rings. The number of hydrogen-bond acceptors (Lipinski definition) is 5. The molecule has 4 rings (SSSR count). The molecule has 3 heterocycles. The third kappa shape index (κ3) is 2.86. The first-order valence-corrected chi connectivity index (χ1v) is 8.56. The lowest BCUT2D eigenvalue weighted by Crippen LogP contribution is -2.42. The van der Waals surface area contributed by atoms with Crippen molar-refractivity contribution in [2.45, 2.75) is 6.67 Å². The van der Waals surface area contributed by atoms with Crippen LogP contribution in [0, 0.1) is 0 Å². The summed E-state index contributed by atoms with van der Waals surface area (Å²) in [5.41, 5.74) is 1.93. The molecule has 0 bridgehead atoms. The maximum Gasteiger partial charge on any atom is 0.271 e. The molecule has 0 atom stereocenters. The van der Waals surface area contributed by atoms with Crippen LogP contribution < -0.4 is 19.8 Å². The summed E-state index contributed by atoms with van der Waals surface area (Å²) >= 11 is 7.35. The van der Waals surface area contributed by atoms with Crippen LogP contribution in [0.3, 0.4) is 0 Å². The standard InChI is InChI=1S/C17H13ClN4OS/c18-13-1-3-14(4-2-13)21-10-20-17-22(11-21)16(23)15(24-17)9-12-5-7-19-8-6-12/h1-9H,10-11H2/b15-9+. The van der Waals surface area contributed by atoms with Gasteiger partial charge in [0.05, 0.1) is 4.53 Å². The van der Waals surface area contributed by atoms with Crippen molar-refractivity contribution >= 4 is 34.7 Å². The van der Waals surface area contributed by atoms with Crippen LogP contribution in [0.1, 0.15) is 5.56 Å². The van der Waals surface area contributed by atoms with Crippen LogP contribution in [0.25, 0.3) is 6.08 Å². The van der Waals surface area contributed by atoms with Crippen molar-refractivity contribution in [1.82, 2.24) is 9.55 Å². The Balaban J connectivity index is 1.71. The highest BCUT2D eigenvalue weighted by molar-refractivity contribution is 7.07. The van der Waals surface area contributed by atoms with E-state index in [1.807, 2.05) is 47.4 Å². The predicted molar refractivity (Wildman–Crippen MR) is 96.0 cm³/mol. The average Bonchev–Trinajstić information content (AvgIpc) is 2.92. The maximum atomic E-state index is 12.7. The van der Waals surface area contributed by atoms with E-state index in [-0.39, 0.29) is 5.56 Å². The monoisotopic (exact) mass is 356 g/mol. The SMILES string of the molecule is O=c1/c(=C\c2ccncc2)sc2n1CN(c1ccc(Cl)cc1)CN=2. The van der Waals surface area contributed by atoms with Crippen LogP contribution in [0.5, 0.6) is 0 Å². The molecule has 24 heavy (non-hydrogen) atoms. The number of fused-ring (bicyclic) bond motifs is 1. The Hall–Kier alpha value is -2.44. The third-order valence-corrected chi connectivity index (χ3v) is 5.07. The molecule has 0 spiro atoms. The largest absolute Gasteiger partial charge is 0.334 e. The van der Waals surface area contributed by atoms with Crippen molar-refractivity contribution in [2.24, 2.45) is 4.99 Å². The zero-order valence-corrected chi connectivity index (χ0v) is 14.2. The molecular weight excluding hydrogens is 344 g/mol. The number of rotatable bonds is 2. The van der Waals surface area contributed by atoms with E-state index in [4.69, 9.17) is 11.6 Å². The molecule has 0 radical (unpaired) electrons. The Morgan fingerprint density at radius 1 is 1.12 bits per heavy atom. The number of hydrogen-bond donors (Lipinski definition) is 0. The minimum absolute atomic E-state index is 0.0192. The molecule has 0 N–H and O–H groups in total. The minimum Gasteiger partial charge on any atom is -0.334 e. The summed E-state index contributed by atoms with van der Waals surface area (Å²) < 4.78 is 2.38. The smallest absolute Gasteiger partial charge is 0.271 e. The molecule has 0 saturated heterocycles. The lowest BCUT2D eigenvalue weighted by Gasteiger charge is -2.25. The van der Waals surface area contributed by atoms with Gasteiger partial charge >= 0.3 is 0 Å². The summed E-state index contributed by atoms with van der Waals surface area (Å²) in [6.07, 6.45) is 5.30. The first-order chi connectivity index (χ1) is 11.7. The summed E-state index contributed by atoms with van der Waals surface area (Å²) in [6, 6.07) is 11.3. The molecule has 5 nitrogen and oxygen atoms in total. The zero-order chi connectivity index (χ0) is 16.5. The summed E-state index contributed by atoms with van der Waals surface area (Å²) in [7, 11) is 0. The van der Waals surface area contributed by atoms with Crippen LogP contribution in [0.4, 0.5) is 5.69 Å². The number of aromatic nitrogens is 2. The summed E-state index contributed by atoms with van der Waals surface area (Å²) in [4.78, 5) is 24.0. The molecule has 2 aromatic heterocycles. The highest BCUT2D eigenvalue weighted by Gasteiger charge is 2.15. The van der Waals surface area contributed by atoms with E-state index in [1.54, 1.807) is 17.0 Å². The van der Waals surface area contributed by atoms with Gasteiger partial charge in [-0.3, -0.25) is 14.3 Å². The third-order valence-electron chi connectivity index (χ3n) is 3.77. The number of halogens is 1. The van der Waals surface area contributed by atoms with Gasteiger partial charge in [-0.2, -0.15) is 0 Å². The molecule has 0 aliphatic carbocycles. The predicted octanol–water partition coefficient (Wildman–Crippen LogP) is 1.84. The minimum atomic E-state index is -0.0192. The van der Waals surface area contributed by atoms with Gasteiger partial charge in [-0.15, -0.1) is 0 Å². The molecule has 1 aliphatic heterocycles.